The zero-order chi connectivity index (χ0) is 17.0. The van der Waals surface area contributed by atoms with Gasteiger partial charge in [-0.05, 0) is 36.1 Å². The maximum atomic E-state index is 12.5. The molecule has 0 saturated heterocycles. The van der Waals surface area contributed by atoms with Crippen LogP contribution in [0, 0.1) is 6.92 Å². The van der Waals surface area contributed by atoms with Gasteiger partial charge in [-0.1, -0.05) is 48.5 Å². The second-order valence-corrected chi connectivity index (χ2v) is 7.99. The minimum atomic E-state index is -3.75. The van der Waals surface area contributed by atoms with Crippen molar-refractivity contribution in [3.63, 3.8) is 0 Å². The lowest BCUT2D eigenvalue weighted by Gasteiger charge is -2.11. The van der Waals surface area contributed by atoms with Gasteiger partial charge >= 0.3 is 0 Å². The van der Waals surface area contributed by atoms with Gasteiger partial charge in [-0.25, -0.2) is 0 Å². The van der Waals surface area contributed by atoms with Crippen molar-refractivity contribution in [3.8, 4) is 0 Å². The van der Waals surface area contributed by atoms with Gasteiger partial charge in [-0.15, -0.1) is 15.7 Å². The number of amidine groups is 1. The van der Waals surface area contributed by atoms with Gasteiger partial charge in [0.15, 0.2) is 5.84 Å². The summed E-state index contributed by atoms with van der Waals surface area (Å²) >= 11 is 1.15. The number of anilines is 1. The second-order valence-electron chi connectivity index (χ2n) is 5.21. The van der Waals surface area contributed by atoms with Crippen LogP contribution in [0.2, 0.25) is 0 Å². The summed E-state index contributed by atoms with van der Waals surface area (Å²) in [5.74, 6) is 0.301. The van der Waals surface area contributed by atoms with Crippen LogP contribution in [0.4, 0.5) is 5.69 Å². The lowest BCUT2D eigenvalue weighted by atomic mass is 10.2. The summed E-state index contributed by atoms with van der Waals surface area (Å²) in [6.07, 6.45) is 0. The van der Waals surface area contributed by atoms with Crippen LogP contribution in [0.25, 0.3) is 0 Å². The Morgan fingerprint density at radius 2 is 1.79 bits per heavy atom. The predicted molar refractivity (Wildman–Crippen MR) is 99.3 cm³/mol. The number of nitrogens with zero attached hydrogens (tertiary/aromatic N) is 1. The third-order valence-corrected chi connectivity index (χ3v) is 5.94. The fourth-order valence-corrected chi connectivity index (χ4v) is 4.12. The predicted octanol–water partition coefficient (Wildman–Crippen LogP) is 4.30. The van der Waals surface area contributed by atoms with Crippen LogP contribution in [-0.2, 0) is 10.0 Å². The van der Waals surface area contributed by atoms with E-state index in [2.05, 4.69) is 9.71 Å². The van der Waals surface area contributed by atoms with Crippen LogP contribution in [0.1, 0.15) is 11.1 Å². The molecule has 122 valence electrons. The Kier molecular flexibility index (Phi) is 4.78. The summed E-state index contributed by atoms with van der Waals surface area (Å²) in [6.45, 7) is 1.98. The highest BCUT2D eigenvalue weighted by Gasteiger charge is 2.16. The van der Waals surface area contributed by atoms with Crippen LogP contribution >= 0.6 is 11.3 Å². The standard InChI is InChI=1S/C18H16N2O2S2/c1-14-7-5-10-16(13-14)19-18(15-8-3-2-4-9-15)20-24(21,22)17-11-6-12-23-17/h2-13H,1H3,(H,19,20). The van der Waals surface area contributed by atoms with E-state index in [1.807, 2.05) is 61.5 Å². The third-order valence-electron chi connectivity index (χ3n) is 3.29. The van der Waals surface area contributed by atoms with Crippen LogP contribution in [-0.4, -0.2) is 14.3 Å². The van der Waals surface area contributed by atoms with Gasteiger partial charge in [0, 0.05) is 11.3 Å². The first-order valence-electron chi connectivity index (χ1n) is 7.32. The second kappa shape index (κ2) is 6.98. The summed E-state index contributed by atoms with van der Waals surface area (Å²) in [5.41, 5.74) is 2.58. The van der Waals surface area contributed by atoms with Gasteiger partial charge in [-0.2, -0.15) is 8.42 Å². The van der Waals surface area contributed by atoms with Gasteiger partial charge in [0.2, 0.25) is 0 Å². The van der Waals surface area contributed by atoms with E-state index in [4.69, 9.17) is 0 Å². The van der Waals surface area contributed by atoms with Gasteiger partial charge in [0.25, 0.3) is 10.0 Å². The molecule has 0 amide bonds. The maximum absolute atomic E-state index is 12.5. The molecule has 1 N–H and O–H groups in total. The topological polar surface area (TPSA) is 58.5 Å². The largest absolute Gasteiger partial charge is 0.339 e. The molecule has 2 aromatic carbocycles. The molecule has 0 radical (unpaired) electrons. The van der Waals surface area contributed by atoms with Gasteiger partial charge in [0.05, 0.1) is 0 Å². The summed E-state index contributed by atoms with van der Waals surface area (Å²) in [4.78, 5) is 0. The number of nitrogens with one attached hydrogen (secondary N) is 1. The van der Waals surface area contributed by atoms with Gasteiger partial charge < -0.3 is 5.32 Å². The quantitative estimate of drug-likeness (QED) is 0.560. The van der Waals surface area contributed by atoms with Crippen molar-refractivity contribution in [3.05, 3.63) is 83.2 Å². The van der Waals surface area contributed by atoms with E-state index in [0.29, 0.717) is 11.4 Å². The Morgan fingerprint density at radius 1 is 1.00 bits per heavy atom. The average Bonchev–Trinajstić information content (AvgIpc) is 3.10. The van der Waals surface area contributed by atoms with Crippen molar-refractivity contribution in [2.75, 3.05) is 5.32 Å². The van der Waals surface area contributed by atoms with E-state index in [9.17, 15) is 8.42 Å². The SMILES string of the molecule is Cc1cccc(N/C(=N/S(=O)(=O)c2cccs2)c2ccccc2)c1. The molecule has 0 aliphatic rings. The monoisotopic (exact) mass is 356 g/mol. The number of aryl methyl sites for hydroxylation is 1. The molecule has 0 spiro atoms. The highest BCUT2D eigenvalue weighted by molar-refractivity contribution is 7.92. The van der Waals surface area contributed by atoms with E-state index in [-0.39, 0.29) is 4.21 Å². The number of hydrogen-bond donors (Lipinski definition) is 1. The number of sulfonamides is 1. The van der Waals surface area contributed by atoms with Gasteiger partial charge in [0.1, 0.15) is 4.21 Å². The number of benzene rings is 2. The summed E-state index contributed by atoms with van der Waals surface area (Å²) in [7, 11) is -3.75. The van der Waals surface area contributed by atoms with E-state index >= 15 is 0 Å². The smallest absolute Gasteiger partial charge is 0.293 e. The minimum Gasteiger partial charge on any atom is -0.339 e. The van der Waals surface area contributed by atoms with Crippen molar-refractivity contribution in [2.45, 2.75) is 11.1 Å². The van der Waals surface area contributed by atoms with Crippen LogP contribution in [0.5, 0.6) is 0 Å². The first kappa shape index (κ1) is 16.4. The van der Waals surface area contributed by atoms with Crippen LogP contribution in [0.15, 0.2) is 80.7 Å². The Bertz CT molecular complexity index is 948. The van der Waals surface area contributed by atoms with E-state index in [1.54, 1.807) is 17.5 Å². The fourth-order valence-electron chi connectivity index (χ4n) is 2.18. The molecule has 1 heterocycles. The van der Waals surface area contributed by atoms with Crippen molar-refractivity contribution in [2.24, 2.45) is 4.40 Å². The van der Waals surface area contributed by atoms with Crippen molar-refractivity contribution in [1.82, 2.24) is 0 Å². The molecule has 24 heavy (non-hydrogen) atoms. The molecular formula is C18H16N2O2S2. The molecular weight excluding hydrogens is 340 g/mol. The number of thiophene rings is 1. The summed E-state index contributed by atoms with van der Waals surface area (Å²) in [6, 6.07) is 20.2. The van der Waals surface area contributed by atoms with E-state index < -0.39 is 10.0 Å². The van der Waals surface area contributed by atoms with Crippen molar-refractivity contribution < 1.29 is 8.42 Å². The highest BCUT2D eigenvalue weighted by atomic mass is 32.2. The Labute approximate surface area is 145 Å². The Morgan fingerprint density at radius 3 is 2.46 bits per heavy atom. The molecule has 6 heteroatoms. The third kappa shape index (κ3) is 3.90. The lowest BCUT2D eigenvalue weighted by molar-refractivity contribution is 0.600. The summed E-state index contributed by atoms with van der Waals surface area (Å²) < 4.78 is 29.3. The molecule has 0 atom stereocenters. The molecule has 1 aromatic heterocycles. The molecule has 3 rings (SSSR count). The molecule has 0 aliphatic heterocycles. The molecule has 0 unspecified atom stereocenters. The Hall–Kier alpha value is -2.44. The molecule has 0 bridgehead atoms. The van der Waals surface area contributed by atoms with Crippen LogP contribution in [0.3, 0.4) is 0 Å². The van der Waals surface area contributed by atoms with E-state index in [1.165, 1.54) is 0 Å². The zero-order valence-electron chi connectivity index (χ0n) is 13.0. The zero-order valence-corrected chi connectivity index (χ0v) is 14.6. The molecule has 0 fully saturated rings. The van der Waals surface area contributed by atoms with Crippen molar-refractivity contribution in [1.29, 1.82) is 0 Å². The van der Waals surface area contributed by atoms with E-state index in [0.717, 1.165) is 22.6 Å². The number of rotatable bonds is 4. The van der Waals surface area contributed by atoms with Gasteiger partial charge in [-0.3, -0.25) is 0 Å². The lowest BCUT2D eigenvalue weighted by Crippen LogP contribution is -2.16. The fraction of sp³-hybridized carbons (Fsp3) is 0.0556. The molecule has 0 saturated carbocycles. The number of hydrogen-bond acceptors (Lipinski definition) is 3. The average molecular weight is 356 g/mol. The molecule has 0 aliphatic carbocycles. The van der Waals surface area contributed by atoms with Crippen LogP contribution < -0.4 is 5.32 Å². The van der Waals surface area contributed by atoms with Crippen molar-refractivity contribution >= 4 is 32.9 Å². The minimum absolute atomic E-state index is 0.224. The Balaban J connectivity index is 2.04. The first-order chi connectivity index (χ1) is 11.5. The molecule has 3 aromatic rings. The highest BCUT2D eigenvalue weighted by Crippen LogP contribution is 2.20. The first-order valence-corrected chi connectivity index (χ1v) is 9.64. The maximum Gasteiger partial charge on any atom is 0.293 e. The summed E-state index contributed by atoms with van der Waals surface area (Å²) in [5, 5.41) is 4.85. The normalized spacial score (nSPS) is 12.1. The molecule has 4 nitrogen and oxygen atoms in total.